The van der Waals surface area contributed by atoms with E-state index in [1.165, 1.54) is 18.2 Å². The molecular formula is C14H15N3O4. The lowest BCUT2D eigenvalue weighted by Crippen LogP contribution is -2.14. The molecule has 0 aliphatic carbocycles. The van der Waals surface area contributed by atoms with E-state index < -0.39 is 10.8 Å². The van der Waals surface area contributed by atoms with Crippen molar-refractivity contribution in [2.75, 3.05) is 5.32 Å². The molecule has 1 N–H and O–H groups in total. The van der Waals surface area contributed by atoms with Gasteiger partial charge >= 0.3 is 0 Å². The Morgan fingerprint density at radius 3 is 2.57 bits per heavy atom. The topological polar surface area (TPSA) is 98.3 Å². The highest BCUT2D eigenvalue weighted by atomic mass is 16.6. The molecule has 2 rings (SSSR count). The lowest BCUT2D eigenvalue weighted by molar-refractivity contribution is -0.385. The molecule has 0 saturated carbocycles. The highest BCUT2D eigenvalue weighted by Gasteiger charge is 2.23. The Kier molecular flexibility index (Phi) is 3.75. The summed E-state index contributed by atoms with van der Waals surface area (Å²) in [5.74, 6) is 0.236. The molecule has 0 aliphatic heterocycles. The molecule has 1 heterocycles. The van der Waals surface area contributed by atoms with E-state index in [0.717, 1.165) is 0 Å². The summed E-state index contributed by atoms with van der Waals surface area (Å²) in [6, 6.07) is 7.33. The Morgan fingerprint density at radius 2 is 2.00 bits per heavy atom. The first-order valence-corrected chi connectivity index (χ1v) is 6.31. The zero-order valence-corrected chi connectivity index (χ0v) is 11.9. The Hall–Kier alpha value is -2.70. The van der Waals surface area contributed by atoms with Crippen molar-refractivity contribution >= 4 is 17.4 Å². The van der Waals surface area contributed by atoms with Crippen LogP contribution in [-0.4, -0.2) is 16.0 Å². The normalized spacial score (nSPS) is 11.2. The maximum absolute atomic E-state index is 12.1. The number of nitro benzene ring substituents is 1. The third-order valence-electron chi connectivity index (χ3n) is 2.84. The molecule has 7 nitrogen and oxygen atoms in total. The number of hydrogen-bond acceptors (Lipinski definition) is 5. The van der Waals surface area contributed by atoms with Crippen molar-refractivity contribution in [1.29, 1.82) is 0 Å². The van der Waals surface area contributed by atoms with Gasteiger partial charge in [-0.15, -0.1) is 0 Å². The van der Waals surface area contributed by atoms with Crippen LogP contribution in [0.5, 0.6) is 0 Å². The van der Waals surface area contributed by atoms with E-state index in [0.29, 0.717) is 5.76 Å². The summed E-state index contributed by atoms with van der Waals surface area (Å²) in [6.45, 7) is 5.84. The first kappa shape index (κ1) is 14.7. The van der Waals surface area contributed by atoms with Crippen molar-refractivity contribution in [3.63, 3.8) is 0 Å². The number of nitrogens with zero attached hydrogens (tertiary/aromatic N) is 2. The summed E-state index contributed by atoms with van der Waals surface area (Å²) in [5, 5.41) is 17.1. The molecule has 0 atom stereocenters. The number of carbonyl (C=O) groups excluding carboxylic acids is 1. The van der Waals surface area contributed by atoms with Crippen molar-refractivity contribution in [3.8, 4) is 0 Å². The van der Waals surface area contributed by atoms with Gasteiger partial charge in [0.05, 0.1) is 4.92 Å². The van der Waals surface area contributed by atoms with Gasteiger partial charge in [0.15, 0.2) is 5.82 Å². The molecule has 1 aromatic carbocycles. The Balaban J connectivity index is 2.23. The minimum atomic E-state index is -0.601. The van der Waals surface area contributed by atoms with Crippen molar-refractivity contribution in [2.45, 2.75) is 26.2 Å². The highest BCUT2D eigenvalue weighted by Crippen LogP contribution is 2.25. The van der Waals surface area contributed by atoms with Crippen LogP contribution in [-0.2, 0) is 5.41 Å². The fraction of sp³-hybridized carbons (Fsp3) is 0.286. The van der Waals surface area contributed by atoms with Crippen LogP contribution in [0.4, 0.5) is 11.5 Å². The second-order valence-corrected chi connectivity index (χ2v) is 5.55. The van der Waals surface area contributed by atoms with Gasteiger partial charge < -0.3 is 9.84 Å². The van der Waals surface area contributed by atoms with E-state index in [4.69, 9.17) is 4.52 Å². The number of anilines is 1. The van der Waals surface area contributed by atoms with E-state index in [2.05, 4.69) is 10.5 Å². The van der Waals surface area contributed by atoms with Gasteiger partial charge in [0.2, 0.25) is 0 Å². The number of rotatable bonds is 3. The number of para-hydroxylation sites is 1. The van der Waals surface area contributed by atoms with Crippen molar-refractivity contribution in [1.82, 2.24) is 5.16 Å². The number of nitrogens with one attached hydrogen (secondary N) is 1. The minimum absolute atomic E-state index is 0.0252. The molecule has 1 aromatic heterocycles. The fourth-order valence-corrected chi connectivity index (χ4v) is 1.70. The maximum Gasteiger partial charge on any atom is 0.282 e. The number of nitro groups is 1. The predicted molar refractivity (Wildman–Crippen MR) is 76.3 cm³/mol. The number of carbonyl (C=O) groups is 1. The van der Waals surface area contributed by atoms with E-state index in [-0.39, 0.29) is 22.5 Å². The van der Waals surface area contributed by atoms with Crippen LogP contribution in [0.1, 0.15) is 36.9 Å². The van der Waals surface area contributed by atoms with Crippen LogP contribution in [0.25, 0.3) is 0 Å². The molecule has 0 bridgehead atoms. The van der Waals surface area contributed by atoms with Crippen LogP contribution < -0.4 is 5.32 Å². The highest BCUT2D eigenvalue weighted by molar-refractivity contribution is 6.06. The molecule has 110 valence electrons. The molecule has 0 aliphatic rings. The van der Waals surface area contributed by atoms with E-state index >= 15 is 0 Å². The minimum Gasteiger partial charge on any atom is -0.359 e. The fourth-order valence-electron chi connectivity index (χ4n) is 1.70. The molecular weight excluding hydrogens is 274 g/mol. The van der Waals surface area contributed by atoms with Gasteiger partial charge in [-0.2, -0.15) is 0 Å². The zero-order chi connectivity index (χ0) is 15.6. The van der Waals surface area contributed by atoms with Gasteiger partial charge in [-0.3, -0.25) is 14.9 Å². The quantitative estimate of drug-likeness (QED) is 0.691. The third-order valence-corrected chi connectivity index (χ3v) is 2.84. The van der Waals surface area contributed by atoms with E-state index in [9.17, 15) is 14.9 Å². The summed E-state index contributed by atoms with van der Waals surface area (Å²) in [7, 11) is 0. The van der Waals surface area contributed by atoms with Crippen LogP contribution in [0.15, 0.2) is 34.9 Å². The van der Waals surface area contributed by atoms with Crippen LogP contribution in [0.3, 0.4) is 0 Å². The second-order valence-electron chi connectivity index (χ2n) is 5.55. The number of amides is 1. The average molecular weight is 289 g/mol. The molecule has 0 spiro atoms. The molecule has 7 heteroatoms. The van der Waals surface area contributed by atoms with Gasteiger partial charge in [0.1, 0.15) is 11.3 Å². The Labute approximate surface area is 121 Å². The molecule has 0 unspecified atom stereocenters. The summed E-state index contributed by atoms with van der Waals surface area (Å²) in [5.41, 5.74) is -0.522. The molecule has 21 heavy (non-hydrogen) atoms. The first-order chi connectivity index (χ1) is 9.79. The summed E-state index contributed by atoms with van der Waals surface area (Å²) in [6.07, 6.45) is 0. The SMILES string of the molecule is CC(C)(C)c1cc(NC(=O)c2ccccc2[N+](=O)[O-])no1. The van der Waals surface area contributed by atoms with Crippen LogP contribution >= 0.6 is 0 Å². The van der Waals surface area contributed by atoms with Crippen molar-refractivity contribution < 1.29 is 14.2 Å². The predicted octanol–water partition coefficient (Wildman–Crippen LogP) is 3.13. The molecule has 0 radical (unpaired) electrons. The van der Waals surface area contributed by atoms with Gasteiger partial charge in [-0.25, -0.2) is 0 Å². The molecule has 0 saturated heterocycles. The van der Waals surface area contributed by atoms with E-state index in [1.807, 2.05) is 20.8 Å². The van der Waals surface area contributed by atoms with Crippen LogP contribution in [0, 0.1) is 10.1 Å². The van der Waals surface area contributed by atoms with Crippen molar-refractivity contribution in [3.05, 3.63) is 51.8 Å². The second kappa shape index (κ2) is 5.35. The maximum atomic E-state index is 12.1. The zero-order valence-electron chi connectivity index (χ0n) is 11.9. The average Bonchev–Trinajstić information content (AvgIpc) is 2.87. The largest absolute Gasteiger partial charge is 0.359 e. The van der Waals surface area contributed by atoms with Gasteiger partial charge in [0, 0.05) is 17.5 Å². The van der Waals surface area contributed by atoms with Gasteiger partial charge in [0.25, 0.3) is 11.6 Å². The van der Waals surface area contributed by atoms with Crippen LogP contribution in [0.2, 0.25) is 0 Å². The summed E-state index contributed by atoms with van der Waals surface area (Å²) < 4.78 is 5.14. The van der Waals surface area contributed by atoms with Gasteiger partial charge in [-0.1, -0.05) is 38.1 Å². The molecule has 1 amide bonds. The number of benzene rings is 1. The Bertz CT molecular complexity index is 686. The lowest BCUT2D eigenvalue weighted by Gasteiger charge is -2.12. The Morgan fingerprint density at radius 1 is 1.33 bits per heavy atom. The summed E-state index contributed by atoms with van der Waals surface area (Å²) >= 11 is 0. The monoisotopic (exact) mass is 289 g/mol. The van der Waals surface area contributed by atoms with E-state index in [1.54, 1.807) is 12.1 Å². The number of hydrogen-bond donors (Lipinski definition) is 1. The standard InChI is InChI=1S/C14H15N3O4/c1-14(2,3)11-8-12(16-21-11)15-13(18)9-6-4-5-7-10(9)17(19)20/h4-8H,1-3H3,(H,15,16,18). The third kappa shape index (κ3) is 3.25. The molecule has 0 fully saturated rings. The molecule has 2 aromatic rings. The summed E-state index contributed by atoms with van der Waals surface area (Å²) in [4.78, 5) is 22.4. The van der Waals surface area contributed by atoms with Crippen molar-refractivity contribution in [2.24, 2.45) is 0 Å². The van der Waals surface area contributed by atoms with Gasteiger partial charge in [-0.05, 0) is 6.07 Å². The smallest absolute Gasteiger partial charge is 0.282 e. The lowest BCUT2D eigenvalue weighted by atomic mass is 9.93. The first-order valence-electron chi connectivity index (χ1n) is 6.31. The number of aromatic nitrogens is 1.